The van der Waals surface area contributed by atoms with Crippen LogP contribution in [-0.2, 0) is 21.2 Å². The van der Waals surface area contributed by atoms with Gasteiger partial charge in [-0.2, -0.15) is 0 Å². The number of benzene rings is 2. The third-order valence-electron chi connectivity index (χ3n) is 5.04. The lowest BCUT2D eigenvalue weighted by molar-refractivity contribution is -0.135. The van der Waals surface area contributed by atoms with Crippen LogP contribution >= 0.6 is 23.2 Å². The molecule has 5 N–H and O–H groups in total. The van der Waals surface area contributed by atoms with Crippen molar-refractivity contribution in [3.63, 3.8) is 0 Å². The largest absolute Gasteiger partial charge is 0.489 e. The molecular formula is C19H21Cl2N3O5S. The van der Waals surface area contributed by atoms with Crippen molar-refractivity contribution in [3.05, 3.63) is 58.1 Å². The lowest BCUT2D eigenvalue weighted by Crippen LogP contribution is -2.70. The molecule has 162 valence electrons. The van der Waals surface area contributed by atoms with E-state index in [1.165, 1.54) is 29.7 Å². The summed E-state index contributed by atoms with van der Waals surface area (Å²) in [5, 5.41) is 11.7. The van der Waals surface area contributed by atoms with Crippen LogP contribution in [0.1, 0.15) is 12.0 Å². The van der Waals surface area contributed by atoms with Gasteiger partial charge < -0.3 is 15.8 Å². The molecule has 0 aromatic heterocycles. The van der Waals surface area contributed by atoms with E-state index in [1.807, 2.05) is 0 Å². The van der Waals surface area contributed by atoms with Crippen LogP contribution in [0.25, 0.3) is 0 Å². The molecular weight excluding hydrogens is 453 g/mol. The van der Waals surface area contributed by atoms with Crippen LogP contribution in [0.4, 0.5) is 0 Å². The molecule has 8 nitrogen and oxygen atoms in total. The van der Waals surface area contributed by atoms with Crippen molar-refractivity contribution in [2.75, 3.05) is 13.1 Å². The summed E-state index contributed by atoms with van der Waals surface area (Å²) in [6, 6.07) is 10.9. The maximum absolute atomic E-state index is 13.2. The molecule has 0 spiro atoms. The normalized spacial score (nSPS) is 21.8. The topological polar surface area (TPSA) is 131 Å². The van der Waals surface area contributed by atoms with Crippen LogP contribution in [0, 0.1) is 0 Å². The van der Waals surface area contributed by atoms with Crippen molar-refractivity contribution < 1.29 is 23.2 Å². The van der Waals surface area contributed by atoms with Gasteiger partial charge >= 0.3 is 0 Å². The molecule has 0 radical (unpaired) electrons. The Labute approximate surface area is 184 Å². The van der Waals surface area contributed by atoms with E-state index in [2.05, 4.69) is 5.32 Å². The monoisotopic (exact) mass is 473 g/mol. The molecule has 0 bridgehead atoms. The van der Waals surface area contributed by atoms with Gasteiger partial charge in [-0.25, -0.2) is 13.9 Å². The van der Waals surface area contributed by atoms with Gasteiger partial charge in [-0.3, -0.25) is 10.0 Å². The molecule has 2 atom stereocenters. The summed E-state index contributed by atoms with van der Waals surface area (Å²) in [4.78, 5) is 12.1. The number of hydrogen-bond donors (Lipinski definition) is 4. The van der Waals surface area contributed by atoms with E-state index in [1.54, 1.807) is 18.2 Å². The van der Waals surface area contributed by atoms with Crippen molar-refractivity contribution in [2.45, 2.75) is 28.7 Å². The molecule has 2 aromatic carbocycles. The Hall–Kier alpha value is -1.88. The van der Waals surface area contributed by atoms with Crippen molar-refractivity contribution in [1.82, 2.24) is 10.8 Å². The Morgan fingerprint density at radius 3 is 2.60 bits per heavy atom. The zero-order valence-electron chi connectivity index (χ0n) is 15.8. The Bertz CT molecular complexity index is 1030. The van der Waals surface area contributed by atoms with Gasteiger partial charge in [-0.05, 0) is 49.4 Å². The molecule has 1 fully saturated rings. The third kappa shape index (κ3) is 4.56. The number of hydrogen-bond acceptors (Lipinski definition) is 7. The van der Waals surface area contributed by atoms with Gasteiger partial charge in [0.2, 0.25) is 0 Å². The predicted octanol–water partition coefficient (Wildman–Crippen LogP) is 1.91. The Morgan fingerprint density at radius 2 is 1.97 bits per heavy atom. The molecule has 1 aliphatic heterocycles. The van der Waals surface area contributed by atoms with Crippen molar-refractivity contribution in [2.24, 2.45) is 5.73 Å². The number of rotatable bonds is 6. The highest BCUT2D eigenvalue weighted by atomic mass is 35.5. The second kappa shape index (κ2) is 9.09. The van der Waals surface area contributed by atoms with E-state index in [9.17, 15) is 13.2 Å². The summed E-state index contributed by atoms with van der Waals surface area (Å²) in [6.07, 6.45) is 0.125. The molecule has 30 heavy (non-hydrogen) atoms. The summed E-state index contributed by atoms with van der Waals surface area (Å²) in [7, 11) is -3.95. The van der Waals surface area contributed by atoms with Gasteiger partial charge in [0.1, 0.15) is 17.9 Å². The standard InChI is InChI=1S/C19H21Cl2N3O5S/c20-13-2-1-12(16(21)9-13)10-29-14-3-5-15(6-4-14)30(27,28)17-7-8-23-11-19(17,22)18(25)24-26/h1-6,9,17,23,26H,7-8,10-11,22H2,(H,24,25). The number of ether oxygens (including phenoxy) is 1. The van der Waals surface area contributed by atoms with E-state index in [0.717, 1.165) is 5.56 Å². The summed E-state index contributed by atoms with van der Waals surface area (Å²) >= 11 is 12.0. The van der Waals surface area contributed by atoms with E-state index >= 15 is 0 Å². The minimum Gasteiger partial charge on any atom is -0.489 e. The zero-order chi connectivity index (χ0) is 21.9. The van der Waals surface area contributed by atoms with Gasteiger partial charge in [0.05, 0.1) is 10.1 Å². The Kier molecular flexibility index (Phi) is 6.91. The highest BCUT2D eigenvalue weighted by Gasteiger charge is 2.50. The van der Waals surface area contributed by atoms with Crippen LogP contribution < -0.4 is 21.3 Å². The number of halogens is 2. The fraction of sp³-hybridized carbons (Fsp3) is 0.316. The second-order valence-corrected chi connectivity index (χ2v) is 9.95. The highest BCUT2D eigenvalue weighted by Crippen LogP contribution is 2.29. The maximum Gasteiger partial charge on any atom is 0.266 e. The van der Waals surface area contributed by atoms with Gasteiger partial charge in [0.25, 0.3) is 5.91 Å². The number of nitrogens with one attached hydrogen (secondary N) is 2. The molecule has 0 saturated carbocycles. The zero-order valence-corrected chi connectivity index (χ0v) is 18.1. The van der Waals surface area contributed by atoms with E-state index < -0.39 is 26.5 Å². The summed E-state index contributed by atoms with van der Waals surface area (Å²) in [5.41, 5.74) is 6.49. The van der Waals surface area contributed by atoms with Gasteiger partial charge in [-0.15, -0.1) is 0 Å². The van der Waals surface area contributed by atoms with Gasteiger partial charge in [0.15, 0.2) is 9.84 Å². The summed E-state index contributed by atoms with van der Waals surface area (Å²) < 4.78 is 32.0. The minimum absolute atomic E-state index is 0.00633. The SMILES string of the molecule is NC1(C(=O)NO)CNCCC1S(=O)(=O)c1ccc(OCc2ccc(Cl)cc2Cl)cc1. The molecule has 11 heteroatoms. The quantitative estimate of drug-likeness (QED) is 0.372. The van der Waals surface area contributed by atoms with Crippen LogP contribution in [0.2, 0.25) is 10.0 Å². The van der Waals surface area contributed by atoms with E-state index in [0.29, 0.717) is 22.3 Å². The fourth-order valence-electron chi connectivity index (χ4n) is 3.35. The third-order valence-corrected chi connectivity index (χ3v) is 7.96. The molecule has 1 saturated heterocycles. The highest BCUT2D eigenvalue weighted by molar-refractivity contribution is 7.92. The van der Waals surface area contributed by atoms with Crippen molar-refractivity contribution in [3.8, 4) is 5.75 Å². The number of carbonyl (C=O) groups excluding carboxylic acids is 1. The smallest absolute Gasteiger partial charge is 0.266 e. The molecule has 2 unspecified atom stereocenters. The Balaban J connectivity index is 1.78. The number of amides is 1. The van der Waals surface area contributed by atoms with Gasteiger partial charge in [-0.1, -0.05) is 29.3 Å². The number of hydroxylamine groups is 1. The number of sulfone groups is 1. The van der Waals surface area contributed by atoms with Crippen molar-refractivity contribution >= 4 is 38.9 Å². The van der Waals surface area contributed by atoms with Crippen molar-refractivity contribution in [1.29, 1.82) is 0 Å². The number of nitrogens with two attached hydrogens (primary N) is 1. The average Bonchev–Trinajstić information content (AvgIpc) is 2.73. The molecule has 1 heterocycles. The van der Waals surface area contributed by atoms with E-state index in [-0.39, 0.29) is 24.5 Å². The second-order valence-electron chi connectivity index (χ2n) is 6.98. The summed E-state index contributed by atoms with van der Waals surface area (Å²) in [5.74, 6) is -0.513. The van der Waals surface area contributed by atoms with E-state index in [4.69, 9.17) is 38.9 Å². The molecule has 2 aromatic rings. The number of piperidine rings is 1. The molecule has 1 amide bonds. The van der Waals surface area contributed by atoms with Crippen LogP contribution in [0.15, 0.2) is 47.4 Å². The fourth-order valence-corrected chi connectivity index (χ4v) is 5.83. The van der Waals surface area contributed by atoms with Crippen LogP contribution in [-0.4, -0.2) is 43.4 Å². The molecule has 3 rings (SSSR count). The number of carbonyl (C=O) groups is 1. The summed E-state index contributed by atoms with van der Waals surface area (Å²) in [6.45, 7) is 0.482. The molecule has 1 aliphatic rings. The minimum atomic E-state index is -3.95. The predicted molar refractivity (Wildman–Crippen MR) is 113 cm³/mol. The lowest BCUT2D eigenvalue weighted by atomic mass is 9.90. The first-order valence-electron chi connectivity index (χ1n) is 9.03. The molecule has 0 aliphatic carbocycles. The first-order chi connectivity index (χ1) is 14.2. The first kappa shape index (κ1) is 22.8. The average molecular weight is 474 g/mol. The van der Waals surface area contributed by atoms with Crippen LogP contribution in [0.3, 0.4) is 0 Å². The first-order valence-corrected chi connectivity index (χ1v) is 11.3. The Morgan fingerprint density at radius 1 is 1.27 bits per heavy atom. The maximum atomic E-state index is 13.2. The van der Waals surface area contributed by atoms with Gasteiger partial charge in [0, 0.05) is 22.2 Å². The lowest BCUT2D eigenvalue weighted by Gasteiger charge is -2.38. The van der Waals surface area contributed by atoms with Crippen LogP contribution in [0.5, 0.6) is 5.75 Å².